The molecule has 0 amide bonds. The van der Waals surface area contributed by atoms with Gasteiger partial charge < -0.3 is 0 Å². The van der Waals surface area contributed by atoms with Crippen molar-refractivity contribution in [3.8, 4) is 45.2 Å². The number of hydrogen-bond acceptors (Lipinski definition) is 8. The highest BCUT2D eigenvalue weighted by atomic mass is 32.2. The molecule has 0 bridgehead atoms. The van der Waals surface area contributed by atoms with Crippen LogP contribution in [0.4, 0.5) is 0 Å². The molecule has 10 nitrogen and oxygen atoms in total. The maximum absolute atomic E-state index is 11.5. The Bertz CT molecular complexity index is 1890. The molecule has 0 saturated heterocycles. The van der Waals surface area contributed by atoms with Gasteiger partial charge in [0.05, 0.1) is 9.79 Å². The highest BCUT2D eigenvalue weighted by molar-refractivity contribution is 7.86. The standard InChI is InChI=1S/C27H20N4O6S2/c1-17-2-4-18(5-3-17)21-14-15-28-24(16-21)27-29-25(19-6-10-22(11-7-19)38(32,33)34)26(30-31-27)20-8-12-23(13-9-20)39(35,36)37/h2-16H,1H3,(H,32,33,34)(H,35,36,37). The lowest BCUT2D eigenvalue weighted by atomic mass is 10.0. The highest BCUT2D eigenvalue weighted by Gasteiger charge is 2.18. The fraction of sp³-hybridized carbons (Fsp3) is 0.0370. The van der Waals surface area contributed by atoms with Crippen LogP contribution in [-0.4, -0.2) is 46.1 Å². The lowest BCUT2D eigenvalue weighted by Crippen LogP contribution is -2.03. The molecule has 5 aromatic rings. The summed E-state index contributed by atoms with van der Waals surface area (Å²) in [5.74, 6) is 0.205. The van der Waals surface area contributed by atoms with E-state index in [1.807, 2.05) is 43.3 Å². The zero-order valence-electron chi connectivity index (χ0n) is 20.3. The zero-order chi connectivity index (χ0) is 27.8. The fourth-order valence-corrected chi connectivity index (χ4v) is 4.84. The largest absolute Gasteiger partial charge is 0.294 e. The molecule has 39 heavy (non-hydrogen) atoms. The van der Waals surface area contributed by atoms with Crippen LogP contribution in [0, 0.1) is 6.92 Å². The van der Waals surface area contributed by atoms with Crippen molar-refractivity contribution in [2.45, 2.75) is 16.7 Å². The van der Waals surface area contributed by atoms with Crippen LogP contribution in [0.25, 0.3) is 45.2 Å². The first-order chi connectivity index (χ1) is 18.5. The fourth-order valence-electron chi connectivity index (χ4n) is 3.88. The summed E-state index contributed by atoms with van der Waals surface area (Å²) in [6, 6.07) is 22.4. The maximum Gasteiger partial charge on any atom is 0.294 e. The van der Waals surface area contributed by atoms with Crippen molar-refractivity contribution in [3.05, 3.63) is 96.7 Å². The molecule has 0 aliphatic rings. The van der Waals surface area contributed by atoms with Gasteiger partial charge in [-0.15, -0.1) is 10.2 Å². The lowest BCUT2D eigenvalue weighted by Gasteiger charge is -2.11. The molecule has 0 aliphatic heterocycles. The van der Waals surface area contributed by atoms with E-state index in [2.05, 4.69) is 20.2 Å². The summed E-state index contributed by atoms with van der Waals surface area (Å²) in [6.45, 7) is 2.00. The molecule has 5 rings (SSSR count). The van der Waals surface area contributed by atoms with Gasteiger partial charge in [0.1, 0.15) is 17.1 Å². The number of aryl methyl sites for hydroxylation is 1. The van der Waals surface area contributed by atoms with E-state index in [4.69, 9.17) is 0 Å². The predicted molar refractivity (Wildman–Crippen MR) is 144 cm³/mol. The van der Waals surface area contributed by atoms with Crippen molar-refractivity contribution in [1.82, 2.24) is 20.2 Å². The molecule has 0 atom stereocenters. The average Bonchev–Trinajstić information content (AvgIpc) is 2.92. The van der Waals surface area contributed by atoms with E-state index in [0.29, 0.717) is 22.5 Å². The molecule has 0 saturated carbocycles. The van der Waals surface area contributed by atoms with E-state index in [-0.39, 0.29) is 21.3 Å². The third-order valence-electron chi connectivity index (χ3n) is 5.91. The molecule has 0 unspecified atom stereocenters. The second-order valence-corrected chi connectivity index (χ2v) is 11.5. The van der Waals surface area contributed by atoms with Gasteiger partial charge in [-0.25, -0.2) is 4.98 Å². The molecular formula is C27H20N4O6S2. The predicted octanol–water partition coefficient (Wildman–Crippen LogP) is 4.74. The van der Waals surface area contributed by atoms with Gasteiger partial charge in [0.25, 0.3) is 20.2 Å². The van der Waals surface area contributed by atoms with E-state index in [9.17, 15) is 25.9 Å². The Morgan fingerprint density at radius 3 is 1.64 bits per heavy atom. The Morgan fingerprint density at radius 2 is 1.10 bits per heavy atom. The number of rotatable bonds is 6. The first kappa shape index (κ1) is 26.3. The van der Waals surface area contributed by atoms with E-state index in [0.717, 1.165) is 16.7 Å². The number of pyridine rings is 1. The van der Waals surface area contributed by atoms with E-state index < -0.39 is 20.2 Å². The first-order valence-electron chi connectivity index (χ1n) is 11.4. The Kier molecular flexibility index (Phi) is 6.78. The van der Waals surface area contributed by atoms with Crippen molar-refractivity contribution in [3.63, 3.8) is 0 Å². The van der Waals surface area contributed by atoms with Crippen molar-refractivity contribution < 1.29 is 25.9 Å². The lowest BCUT2D eigenvalue weighted by molar-refractivity contribution is 0.481. The van der Waals surface area contributed by atoms with Crippen molar-refractivity contribution >= 4 is 20.2 Å². The number of benzene rings is 3. The third-order valence-corrected chi connectivity index (χ3v) is 7.65. The maximum atomic E-state index is 11.5. The zero-order valence-corrected chi connectivity index (χ0v) is 21.9. The molecule has 196 valence electrons. The van der Waals surface area contributed by atoms with Gasteiger partial charge in [0.15, 0.2) is 0 Å². The van der Waals surface area contributed by atoms with Crippen LogP contribution >= 0.6 is 0 Å². The molecular weight excluding hydrogens is 540 g/mol. The molecule has 0 aliphatic carbocycles. The molecule has 0 fully saturated rings. The molecule has 0 spiro atoms. The van der Waals surface area contributed by atoms with Gasteiger partial charge in [-0.3, -0.25) is 14.1 Å². The molecule has 2 N–H and O–H groups in total. The molecule has 2 heterocycles. The summed E-state index contributed by atoms with van der Waals surface area (Å²) in [5, 5.41) is 8.61. The summed E-state index contributed by atoms with van der Waals surface area (Å²) in [4.78, 5) is 8.51. The van der Waals surface area contributed by atoms with Crippen LogP contribution < -0.4 is 0 Å². The molecule has 12 heteroatoms. The van der Waals surface area contributed by atoms with E-state index >= 15 is 0 Å². The Hall–Kier alpha value is -4.36. The van der Waals surface area contributed by atoms with Gasteiger partial charge >= 0.3 is 0 Å². The van der Waals surface area contributed by atoms with Gasteiger partial charge in [0, 0.05) is 17.3 Å². The number of nitrogens with zero attached hydrogens (tertiary/aromatic N) is 4. The second-order valence-electron chi connectivity index (χ2n) is 8.63. The number of hydrogen-bond donors (Lipinski definition) is 2. The van der Waals surface area contributed by atoms with Crippen LogP contribution in [0.5, 0.6) is 0 Å². The molecule has 3 aromatic carbocycles. The topological polar surface area (TPSA) is 160 Å². The van der Waals surface area contributed by atoms with Gasteiger partial charge in [0.2, 0.25) is 5.82 Å². The third kappa shape index (κ3) is 5.73. The monoisotopic (exact) mass is 560 g/mol. The number of aromatic nitrogens is 4. The highest BCUT2D eigenvalue weighted by Crippen LogP contribution is 2.32. The SMILES string of the molecule is Cc1ccc(-c2ccnc(-c3nnc(-c4ccc(S(=O)(=O)O)cc4)c(-c4ccc(S(=O)(=O)O)cc4)n3)c2)cc1. The van der Waals surface area contributed by atoms with Gasteiger partial charge in [-0.1, -0.05) is 54.1 Å². The normalized spacial score (nSPS) is 11.9. The molecule has 2 aromatic heterocycles. The van der Waals surface area contributed by atoms with Crippen LogP contribution in [0.1, 0.15) is 5.56 Å². The Balaban J connectivity index is 1.64. The van der Waals surface area contributed by atoms with Crippen molar-refractivity contribution in [1.29, 1.82) is 0 Å². The summed E-state index contributed by atoms with van der Waals surface area (Å²) >= 11 is 0. The Labute approximate surface area is 224 Å². The minimum atomic E-state index is -4.41. The summed E-state index contributed by atoms with van der Waals surface area (Å²) in [6.07, 6.45) is 1.64. The van der Waals surface area contributed by atoms with Gasteiger partial charge in [-0.05, 0) is 54.4 Å². The smallest absolute Gasteiger partial charge is 0.282 e. The minimum absolute atomic E-state index is 0.205. The van der Waals surface area contributed by atoms with E-state index in [1.54, 1.807) is 6.20 Å². The summed E-state index contributed by atoms with van der Waals surface area (Å²) in [7, 11) is -8.80. The molecule has 0 radical (unpaired) electrons. The average molecular weight is 561 g/mol. The van der Waals surface area contributed by atoms with E-state index in [1.165, 1.54) is 48.5 Å². The van der Waals surface area contributed by atoms with Gasteiger partial charge in [-0.2, -0.15) is 16.8 Å². The van der Waals surface area contributed by atoms with Crippen LogP contribution in [0.3, 0.4) is 0 Å². The summed E-state index contributed by atoms with van der Waals surface area (Å²) in [5.41, 5.74) is 4.95. The van der Waals surface area contributed by atoms with Crippen LogP contribution in [0.2, 0.25) is 0 Å². The van der Waals surface area contributed by atoms with Crippen molar-refractivity contribution in [2.24, 2.45) is 0 Å². The Morgan fingerprint density at radius 1 is 0.590 bits per heavy atom. The second kappa shape index (κ2) is 10.1. The van der Waals surface area contributed by atoms with Crippen molar-refractivity contribution in [2.75, 3.05) is 0 Å². The first-order valence-corrected chi connectivity index (χ1v) is 14.3. The minimum Gasteiger partial charge on any atom is -0.282 e. The van der Waals surface area contributed by atoms with Crippen LogP contribution in [0.15, 0.2) is 101 Å². The quantitative estimate of drug-likeness (QED) is 0.278. The van der Waals surface area contributed by atoms with Crippen LogP contribution in [-0.2, 0) is 20.2 Å². The summed E-state index contributed by atoms with van der Waals surface area (Å²) < 4.78 is 64.7.